The number of ketones is 1. The molecule has 4 rings (SSSR count). The quantitative estimate of drug-likeness (QED) is 0.436. The molecule has 1 amide bonds. The predicted molar refractivity (Wildman–Crippen MR) is 115 cm³/mol. The summed E-state index contributed by atoms with van der Waals surface area (Å²) in [5.41, 5.74) is 3.07. The van der Waals surface area contributed by atoms with E-state index in [1.54, 1.807) is 25.1 Å². The van der Waals surface area contributed by atoms with E-state index in [9.17, 15) is 9.59 Å². The SMILES string of the molecule is Cc1ccc(C)c(OCc2nnc(SC(C)C(=O)c3ccc4c(c3)NC(=O)CO4)o2)c1. The maximum absolute atomic E-state index is 12.8. The third-order valence-electron chi connectivity index (χ3n) is 4.69. The standard InChI is InChI=1S/C22H21N3O5S/c1-12-4-5-13(2)18(8-12)29-11-20-24-25-22(30-20)31-14(3)21(27)15-6-7-17-16(9-15)23-19(26)10-28-17/h4-9,14H,10-11H2,1-3H3,(H,23,26). The van der Waals surface area contributed by atoms with Crippen molar-refractivity contribution in [2.45, 2.75) is 37.9 Å². The van der Waals surface area contributed by atoms with Crippen molar-refractivity contribution in [2.75, 3.05) is 11.9 Å². The summed E-state index contributed by atoms with van der Waals surface area (Å²) in [7, 11) is 0. The van der Waals surface area contributed by atoms with Crippen molar-refractivity contribution in [1.29, 1.82) is 0 Å². The van der Waals surface area contributed by atoms with Gasteiger partial charge in [0, 0.05) is 5.56 Å². The number of ether oxygens (including phenoxy) is 2. The zero-order valence-electron chi connectivity index (χ0n) is 17.3. The van der Waals surface area contributed by atoms with Gasteiger partial charge in [0.15, 0.2) is 19.0 Å². The van der Waals surface area contributed by atoms with Crippen LogP contribution in [-0.4, -0.2) is 33.7 Å². The van der Waals surface area contributed by atoms with E-state index in [0.717, 1.165) is 16.9 Å². The first-order chi connectivity index (χ1) is 14.9. The fraction of sp³-hybridized carbons (Fsp3) is 0.273. The molecule has 31 heavy (non-hydrogen) atoms. The molecule has 1 aliphatic rings. The lowest BCUT2D eigenvalue weighted by atomic mass is 10.1. The zero-order chi connectivity index (χ0) is 22.0. The molecule has 0 radical (unpaired) electrons. The molecule has 2 aromatic carbocycles. The molecule has 1 aliphatic heterocycles. The van der Waals surface area contributed by atoms with E-state index in [1.807, 2.05) is 32.0 Å². The highest BCUT2D eigenvalue weighted by Crippen LogP contribution is 2.31. The van der Waals surface area contributed by atoms with E-state index in [4.69, 9.17) is 13.9 Å². The van der Waals surface area contributed by atoms with E-state index in [0.29, 0.717) is 22.9 Å². The summed E-state index contributed by atoms with van der Waals surface area (Å²) in [6, 6.07) is 10.9. The molecule has 2 heterocycles. The van der Waals surface area contributed by atoms with E-state index in [-0.39, 0.29) is 30.1 Å². The molecule has 9 heteroatoms. The molecule has 160 valence electrons. The molecule has 0 saturated heterocycles. The second-order valence-electron chi connectivity index (χ2n) is 7.19. The number of aryl methyl sites for hydroxylation is 2. The van der Waals surface area contributed by atoms with Gasteiger partial charge in [-0.25, -0.2) is 0 Å². The molecular formula is C22H21N3O5S. The molecule has 0 spiro atoms. The number of hydrogen-bond donors (Lipinski definition) is 1. The molecular weight excluding hydrogens is 418 g/mol. The van der Waals surface area contributed by atoms with Crippen molar-refractivity contribution in [2.24, 2.45) is 0 Å². The molecule has 1 atom stereocenters. The van der Waals surface area contributed by atoms with E-state index in [1.165, 1.54) is 11.8 Å². The Morgan fingerprint density at radius 1 is 1.23 bits per heavy atom. The highest BCUT2D eigenvalue weighted by molar-refractivity contribution is 8.00. The van der Waals surface area contributed by atoms with Gasteiger partial charge >= 0.3 is 0 Å². The number of aromatic nitrogens is 2. The Morgan fingerprint density at radius 2 is 2.06 bits per heavy atom. The van der Waals surface area contributed by atoms with Gasteiger partial charge in [0.25, 0.3) is 17.0 Å². The first-order valence-corrected chi connectivity index (χ1v) is 10.6. The third-order valence-corrected chi connectivity index (χ3v) is 5.62. The number of fused-ring (bicyclic) bond motifs is 1. The number of hydrogen-bond acceptors (Lipinski definition) is 8. The molecule has 0 bridgehead atoms. The van der Waals surface area contributed by atoms with Crippen LogP contribution < -0.4 is 14.8 Å². The van der Waals surface area contributed by atoms with Crippen LogP contribution in [0.4, 0.5) is 5.69 Å². The Hall–Kier alpha value is -3.33. The topological polar surface area (TPSA) is 104 Å². The number of nitrogens with zero attached hydrogens (tertiary/aromatic N) is 2. The molecule has 0 fully saturated rings. The second-order valence-corrected chi connectivity index (χ2v) is 8.48. The molecule has 0 saturated carbocycles. The fourth-order valence-electron chi connectivity index (χ4n) is 3.02. The Balaban J connectivity index is 1.38. The molecule has 1 aromatic heterocycles. The summed E-state index contributed by atoms with van der Waals surface area (Å²) < 4.78 is 16.7. The summed E-state index contributed by atoms with van der Waals surface area (Å²) in [4.78, 5) is 24.3. The molecule has 3 aromatic rings. The zero-order valence-corrected chi connectivity index (χ0v) is 18.1. The Bertz CT molecular complexity index is 1140. The average molecular weight is 439 g/mol. The summed E-state index contributed by atoms with van der Waals surface area (Å²) in [6.07, 6.45) is 0. The third kappa shape index (κ3) is 4.88. The van der Waals surface area contributed by atoms with Gasteiger partial charge in [0.05, 0.1) is 10.9 Å². The van der Waals surface area contributed by atoms with Gasteiger partial charge in [-0.2, -0.15) is 0 Å². The number of carbonyl (C=O) groups excluding carboxylic acids is 2. The van der Waals surface area contributed by atoms with Crippen molar-refractivity contribution in [3.8, 4) is 11.5 Å². The van der Waals surface area contributed by atoms with Crippen molar-refractivity contribution in [1.82, 2.24) is 10.2 Å². The van der Waals surface area contributed by atoms with Gasteiger partial charge in [-0.1, -0.05) is 23.9 Å². The number of nitrogens with one attached hydrogen (secondary N) is 1. The normalized spacial score (nSPS) is 13.7. The van der Waals surface area contributed by atoms with Crippen LogP contribution in [0.5, 0.6) is 11.5 Å². The molecule has 0 aliphatic carbocycles. The number of Topliss-reactive ketones (excluding diaryl/α,β-unsaturated/α-hetero) is 1. The van der Waals surface area contributed by atoms with Gasteiger partial charge in [0.1, 0.15) is 11.5 Å². The Morgan fingerprint density at radius 3 is 2.90 bits per heavy atom. The van der Waals surface area contributed by atoms with Crippen LogP contribution in [0, 0.1) is 13.8 Å². The highest BCUT2D eigenvalue weighted by Gasteiger charge is 2.23. The van der Waals surface area contributed by atoms with Crippen LogP contribution in [-0.2, 0) is 11.4 Å². The lowest BCUT2D eigenvalue weighted by molar-refractivity contribution is -0.118. The maximum atomic E-state index is 12.8. The van der Waals surface area contributed by atoms with Crippen molar-refractivity contribution in [3.63, 3.8) is 0 Å². The van der Waals surface area contributed by atoms with E-state index < -0.39 is 5.25 Å². The number of carbonyl (C=O) groups is 2. The maximum Gasteiger partial charge on any atom is 0.277 e. The fourth-order valence-corrected chi connectivity index (χ4v) is 3.80. The van der Waals surface area contributed by atoms with Crippen LogP contribution in [0.2, 0.25) is 0 Å². The minimum Gasteiger partial charge on any atom is -0.484 e. The Labute approximate surface area is 183 Å². The van der Waals surface area contributed by atoms with Gasteiger partial charge in [-0.05, 0) is 56.2 Å². The summed E-state index contributed by atoms with van der Waals surface area (Å²) >= 11 is 1.17. The second kappa shape index (κ2) is 8.81. The largest absolute Gasteiger partial charge is 0.484 e. The minimum absolute atomic E-state index is 0.0286. The summed E-state index contributed by atoms with van der Waals surface area (Å²) in [6.45, 7) is 5.84. The van der Waals surface area contributed by atoms with Crippen molar-refractivity contribution >= 4 is 29.1 Å². The first kappa shape index (κ1) is 20.9. The van der Waals surface area contributed by atoms with Gasteiger partial charge in [-0.15, -0.1) is 10.2 Å². The molecule has 1 N–H and O–H groups in total. The monoisotopic (exact) mass is 439 g/mol. The number of rotatable bonds is 7. The highest BCUT2D eigenvalue weighted by atomic mass is 32.2. The van der Waals surface area contributed by atoms with Crippen LogP contribution in [0.1, 0.15) is 34.3 Å². The van der Waals surface area contributed by atoms with Crippen molar-refractivity contribution in [3.05, 3.63) is 59.0 Å². The number of benzene rings is 2. The van der Waals surface area contributed by atoms with Crippen LogP contribution in [0.3, 0.4) is 0 Å². The lowest BCUT2D eigenvalue weighted by Crippen LogP contribution is -2.25. The minimum atomic E-state index is -0.466. The summed E-state index contributed by atoms with van der Waals surface area (Å²) in [5, 5.41) is 10.5. The van der Waals surface area contributed by atoms with Gasteiger partial charge < -0.3 is 19.2 Å². The van der Waals surface area contributed by atoms with Crippen molar-refractivity contribution < 1.29 is 23.5 Å². The van der Waals surface area contributed by atoms with Crippen LogP contribution in [0.15, 0.2) is 46.0 Å². The lowest BCUT2D eigenvalue weighted by Gasteiger charge is -2.18. The average Bonchev–Trinajstić information content (AvgIpc) is 3.20. The number of amides is 1. The van der Waals surface area contributed by atoms with Gasteiger partial charge in [-0.3, -0.25) is 9.59 Å². The Kier molecular flexibility index (Phi) is 5.94. The predicted octanol–water partition coefficient (Wildman–Crippen LogP) is 3.96. The first-order valence-electron chi connectivity index (χ1n) is 9.69. The van der Waals surface area contributed by atoms with Crippen LogP contribution >= 0.6 is 11.8 Å². The van der Waals surface area contributed by atoms with Gasteiger partial charge in [0.2, 0.25) is 0 Å². The van der Waals surface area contributed by atoms with E-state index in [2.05, 4.69) is 15.5 Å². The summed E-state index contributed by atoms with van der Waals surface area (Å²) in [5.74, 6) is 1.26. The smallest absolute Gasteiger partial charge is 0.277 e. The van der Waals surface area contributed by atoms with Crippen LogP contribution in [0.25, 0.3) is 0 Å². The number of thioether (sulfide) groups is 1. The molecule has 1 unspecified atom stereocenters. The molecule has 8 nitrogen and oxygen atoms in total. The van der Waals surface area contributed by atoms with E-state index >= 15 is 0 Å². The number of anilines is 1.